The van der Waals surface area contributed by atoms with Crippen molar-refractivity contribution >= 4 is 130 Å². The summed E-state index contributed by atoms with van der Waals surface area (Å²) >= 11 is 0. The van der Waals surface area contributed by atoms with Crippen molar-refractivity contribution in [3.8, 4) is 157 Å². The van der Waals surface area contributed by atoms with Gasteiger partial charge >= 0.3 is 0 Å². The lowest BCUT2D eigenvalue weighted by Gasteiger charge is -2.12. The molecule has 8 heteroatoms. The van der Waals surface area contributed by atoms with Crippen molar-refractivity contribution in [3.05, 3.63) is 437 Å². The van der Waals surface area contributed by atoms with Gasteiger partial charge in [-0.05, 0) is 301 Å². The van der Waals surface area contributed by atoms with E-state index in [0.29, 0.717) is 23.3 Å². The van der Waals surface area contributed by atoms with Crippen molar-refractivity contribution in [3.63, 3.8) is 0 Å². The van der Waals surface area contributed by atoms with E-state index in [1.54, 1.807) is 0 Å². The normalized spacial score (nSPS) is 11.9. The second-order valence-electron chi connectivity index (χ2n) is 34.8. The van der Waals surface area contributed by atoms with E-state index in [-0.39, 0.29) is 0 Å². The predicted octanol–water partition coefficient (Wildman–Crippen LogP) is 32.3. The highest BCUT2D eigenvalue weighted by Gasteiger charge is 2.29. The van der Waals surface area contributed by atoms with E-state index in [9.17, 15) is 0 Å². The summed E-state index contributed by atoms with van der Waals surface area (Å²) in [5, 5.41) is 25.5. The summed E-state index contributed by atoms with van der Waals surface area (Å²) in [7, 11) is 0. The van der Waals surface area contributed by atoms with Crippen molar-refractivity contribution in [2.75, 3.05) is 0 Å². The second-order valence-corrected chi connectivity index (χ2v) is 34.8. The molecule has 0 fully saturated rings. The van der Waals surface area contributed by atoms with E-state index in [1.807, 2.05) is 36.8 Å². The maximum absolute atomic E-state index is 5.17. The van der Waals surface area contributed by atoms with Gasteiger partial charge in [-0.2, -0.15) is 0 Å². The molecule has 3 aliphatic carbocycles. The fourth-order valence-electron chi connectivity index (χ4n) is 20.9. The first kappa shape index (κ1) is 74.5. The number of aromatic nitrogens is 8. The van der Waals surface area contributed by atoms with Gasteiger partial charge in [0.25, 0.3) is 0 Å². The van der Waals surface area contributed by atoms with Crippen molar-refractivity contribution in [1.82, 2.24) is 39.9 Å². The number of fused-ring (bicyclic) bond motifs is 19. The number of nitrogens with zero attached hydrogens (tertiary/aromatic N) is 8. The molecule has 0 radical (unpaired) electrons. The average molecular weight is 1670 g/mol. The third-order valence-electron chi connectivity index (χ3n) is 27.3. The van der Waals surface area contributed by atoms with E-state index in [4.69, 9.17) is 34.9 Å². The van der Waals surface area contributed by atoms with Crippen LogP contribution in [0.15, 0.2) is 437 Å². The highest BCUT2D eigenvalue weighted by atomic mass is 15.0. The Morgan fingerprint density at radius 2 is 0.492 bits per heavy atom. The van der Waals surface area contributed by atoms with Gasteiger partial charge < -0.3 is 0 Å². The molecule has 8 nitrogen and oxygen atoms in total. The molecule has 0 N–H and O–H groups in total. The maximum Gasteiger partial charge on any atom is 0.164 e. The van der Waals surface area contributed by atoms with Crippen LogP contribution in [-0.4, -0.2) is 39.9 Å². The van der Waals surface area contributed by atoms with E-state index in [2.05, 4.69) is 405 Å². The Hall–Kier alpha value is -17.7. The molecule has 26 aromatic rings. The van der Waals surface area contributed by atoms with Gasteiger partial charge in [0.15, 0.2) is 23.3 Å². The number of hydrogen-bond donors (Lipinski definition) is 0. The molecule has 29 rings (SSSR count). The Labute approximate surface area is 758 Å². The molecule has 0 atom stereocenters. The predicted molar refractivity (Wildman–Crippen MR) is 549 cm³/mol. The van der Waals surface area contributed by atoms with E-state index in [1.165, 1.54) is 170 Å². The molecule has 5 aromatic heterocycles. The van der Waals surface area contributed by atoms with Gasteiger partial charge in [-0.1, -0.05) is 309 Å². The first-order valence-corrected chi connectivity index (χ1v) is 44.9. The molecule has 0 unspecified atom stereocenters. The fourth-order valence-corrected chi connectivity index (χ4v) is 20.9. The Balaban J connectivity index is 0.000000102. The Bertz CT molecular complexity index is 9220. The summed E-state index contributed by atoms with van der Waals surface area (Å²) in [6.07, 6.45) is 5.65. The topological polar surface area (TPSA) is 103 Å². The fraction of sp³-hybridized carbons (Fsp3) is 0. The van der Waals surface area contributed by atoms with Crippen LogP contribution in [0.2, 0.25) is 0 Å². The maximum atomic E-state index is 5.17. The molecule has 5 heterocycles. The molecule has 0 aliphatic heterocycles. The lowest BCUT2D eigenvalue weighted by Crippen LogP contribution is -2.00. The van der Waals surface area contributed by atoms with Gasteiger partial charge in [0.05, 0.1) is 27.9 Å². The van der Waals surface area contributed by atoms with Crippen LogP contribution < -0.4 is 0 Å². The Morgan fingerprint density at radius 1 is 0.144 bits per heavy atom. The van der Waals surface area contributed by atoms with Gasteiger partial charge in [-0.3, -0.25) is 9.97 Å². The number of hydrogen-bond acceptors (Lipinski definition) is 8. The van der Waals surface area contributed by atoms with Crippen molar-refractivity contribution in [2.45, 2.75) is 0 Å². The van der Waals surface area contributed by atoms with Crippen LogP contribution in [0.5, 0.6) is 0 Å². The largest absolute Gasteiger partial charge is 0.256 e. The molecule has 0 saturated carbocycles. The number of benzene rings is 21. The minimum atomic E-state index is 0.664. The number of rotatable bonds is 8. The van der Waals surface area contributed by atoms with Gasteiger partial charge in [-0.15, -0.1) is 0 Å². The Morgan fingerprint density at radius 3 is 1.00 bits per heavy atom. The van der Waals surface area contributed by atoms with Crippen LogP contribution in [0.25, 0.3) is 287 Å². The van der Waals surface area contributed by atoms with Gasteiger partial charge in [0.1, 0.15) is 0 Å². The summed E-state index contributed by atoms with van der Waals surface area (Å²) in [5.41, 5.74) is 31.0. The minimum Gasteiger partial charge on any atom is -0.256 e. The highest BCUT2D eigenvalue weighted by Crippen LogP contribution is 2.55. The SMILES string of the molecule is c1cc(-c2ccc3ccccc3c2)cc(-c2cnc3ccc(-c4ccc5c6c(cccc46)-c4cc6ccccc6cc4-5)cc3c2)c1.c1ccc2cc(-c3nc(-c4ccc5ccccc5c4)nc(-c4ccc5c6c(cccc46)-c4cc6ccccc6cc4-5)n3)ccc2c1.c1ccc2cc3c(cc2c1)-c1cccc2c(-c4nccc(-c5ccc6ccc7cccnc7c6n5)n4)ccc-3c12. The first-order valence-electron chi connectivity index (χ1n) is 44.9. The highest BCUT2D eigenvalue weighted by molar-refractivity contribution is 6.24. The zero-order valence-electron chi connectivity index (χ0n) is 71.1. The summed E-state index contributed by atoms with van der Waals surface area (Å²) in [6.45, 7) is 0. The smallest absolute Gasteiger partial charge is 0.164 e. The third kappa shape index (κ3) is 12.4. The molecule has 0 spiro atoms. The Kier molecular flexibility index (Phi) is 16.9. The van der Waals surface area contributed by atoms with Crippen molar-refractivity contribution in [2.24, 2.45) is 0 Å². The van der Waals surface area contributed by atoms with E-state index >= 15 is 0 Å². The van der Waals surface area contributed by atoms with E-state index < -0.39 is 0 Å². The van der Waals surface area contributed by atoms with Crippen LogP contribution in [0.3, 0.4) is 0 Å². The summed E-state index contributed by atoms with van der Waals surface area (Å²) in [6, 6.07) is 150. The molecule has 3 aliphatic rings. The van der Waals surface area contributed by atoms with Crippen LogP contribution in [-0.2, 0) is 0 Å². The zero-order chi connectivity index (χ0) is 86.6. The van der Waals surface area contributed by atoms with Crippen molar-refractivity contribution in [1.29, 1.82) is 0 Å². The van der Waals surface area contributed by atoms with E-state index in [0.717, 1.165) is 93.5 Å². The standard InChI is InChI=1S/C45H27N.C43H25N3.C36H20N4/c1-2-8-29-21-34(16-15-28(29)7-1)30-11-5-12-31(22-30)37-24-36-23-35(17-20-44(36)46-27-37)38-18-19-41-43-26-33-10-4-3-9-32(33)25-42(43)40-14-6-13-39(38)45(40)41;1-3-10-28-22-32(18-16-26(28)8-1)41-44-42(33-19-17-27-9-2-4-11-29(27)23-33)46-43(45-41)37-21-20-36-39-25-31-13-6-5-12-30(31)24-38(39)35-15-7-14-34(37)40(35)36;1-2-6-24-20-30-27-13-14-28(25-8-3-9-26(33(25)27)29(30)19-23(24)5-1)36-38-18-16-32(40-36)31-15-12-22-11-10-21-7-4-17-37-34(21)35(22)39-31/h1-27H;1-25H;1-20H. The molecule has 0 bridgehead atoms. The molecular weight excluding hydrogens is 1600 g/mol. The molecular formula is C124H72N8. The van der Waals surface area contributed by atoms with Crippen LogP contribution in [0.4, 0.5) is 0 Å². The third-order valence-corrected chi connectivity index (χ3v) is 27.3. The first-order chi connectivity index (χ1) is 65.3. The summed E-state index contributed by atoms with van der Waals surface area (Å²) < 4.78 is 0. The zero-order valence-corrected chi connectivity index (χ0v) is 71.1. The summed E-state index contributed by atoms with van der Waals surface area (Å²) in [5.74, 6) is 2.69. The molecule has 0 amide bonds. The molecule has 0 saturated heterocycles. The molecule has 21 aromatic carbocycles. The lowest BCUT2D eigenvalue weighted by atomic mass is 9.93. The minimum absolute atomic E-state index is 0.664. The summed E-state index contributed by atoms with van der Waals surface area (Å²) in [4.78, 5) is 39.7. The van der Waals surface area contributed by atoms with Crippen LogP contribution in [0, 0.1) is 0 Å². The quantitative estimate of drug-likeness (QED) is 0.139. The van der Waals surface area contributed by atoms with Crippen LogP contribution >= 0.6 is 0 Å². The van der Waals surface area contributed by atoms with Gasteiger partial charge in [-0.25, -0.2) is 29.9 Å². The van der Waals surface area contributed by atoms with Gasteiger partial charge in [0, 0.05) is 62.6 Å². The molecule has 608 valence electrons. The number of pyridine rings is 3. The van der Waals surface area contributed by atoms with Crippen molar-refractivity contribution < 1.29 is 0 Å². The average Bonchev–Trinajstić information content (AvgIpc) is 1.57. The van der Waals surface area contributed by atoms with Gasteiger partial charge in [0.2, 0.25) is 0 Å². The molecule has 132 heavy (non-hydrogen) atoms. The monoisotopic (exact) mass is 1670 g/mol. The van der Waals surface area contributed by atoms with Crippen LogP contribution in [0.1, 0.15) is 0 Å². The lowest BCUT2D eigenvalue weighted by molar-refractivity contribution is 1.08. The second kappa shape index (κ2) is 30.0.